The summed E-state index contributed by atoms with van der Waals surface area (Å²) in [4.78, 5) is 11.1. The first-order valence-electron chi connectivity index (χ1n) is 3.93. The second-order valence-electron chi connectivity index (χ2n) is 2.36. The van der Waals surface area contributed by atoms with Gasteiger partial charge in [0.05, 0.1) is 5.02 Å². The third-order valence-electron chi connectivity index (χ3n) is 1.35. The number of hydrogen-bond donors (Lipinski definition) is 0. The molecule has 0 fully saturated rings. The molecule has 0 saturated heterocycles. The molecule has 0 amide bonds. The van der Waals surface area contributed by atoms with Crippen LogP contribution >= 0.6 is 35.0 Å². The number of halogens is 2. The first kappa shape index (κ1) is 11.7. The van der Waals surface area contributed by atoms with Crippen LogP contribution in [0.3, 0.4) is 0 Å². The van der Waals surface area contributed by atoms with Crippen LogP contribution < -0.4 is 4.74 Å². The smallest absolute Gasteiger partial charge is 0.372 e. The Balaban J connectivity index is 2.72. The zero-order valence-electron chi connectivity index (χ0n) is 7.42. The van der Waals surface area contributed by atoms with E-state index in [-0.39, 0.29) is 5.30 Å². The molecule has 0 radical (unpaired) electrons. The lowest BCUT2D eigenvalue weighted by Crippen LogP contribution is -2.01. The highest BCUT2D eigenvalue weighted by Crippen LogP contribution is 2.28. The van der Waals surface area contributed by atoms with Gasteiger partial charge in [-0.15, -0.1) is 0 Å². The van der Waals surface area contributed by atoms with Crippen LogP contribution in [0.15, 0.2) is 18.2 Å². The van der Waals surface area contributed by atoms with Crippen molar-refractivity contribution < 1.29 is 9.53 Å². The second-order valence-corrected chi connectivity index (χ2v) is 4.40. The molecule has 0 aromatic heterocycles. The minimum Gasteiger partial charge on any atom is -0.417 e. The Morgan fingerprint density at radius 1 is 1.50 bits per heavy atom. The molecule has 0 spiro atoms. The van der Waals surface area contributed by atoms with Gasteiger partial charge in [-0.05, 0) is 30.0 Å². The topological polar surface area (TPSA) is 26.3 Å². The molecular formula is C9H8Cl2O2S. The number of ether oxygens (including phenoxy) is 1. The van der Waals surface area contributed by atoms with Crippen molar-refractivity contribution in [1.29, 1.82) is 0 Å². The van der Waals surface area contributed by atoms with E-state index in [4.69, 9.17) is 27.9 Å². The van der Waals surface area contributed by atoms with Crippen molar-refractivity contribution in [3.8, 4) is 5.75 Å². The Hall–Kier alpha value is -0.380. The summed E-state index contributed by atoms with van der Waals surface area (Å²) in [5.74, 6) is 1.01. The predicted octanol–water partition coefficient (Wildman–Crippen LogP) is 4.25. The highest BCUT2D eigenvalue weighted by molar-refractivity contribution is 8.13. The monoisotopic (exact) mass is 250 g/mol. The Labute approximate surface area is 96.5 Å². The average molecular weight is 251 g/mol. The van der Waals surface area contributed by atoms with Crippen LogP contribution in [0.2, 0.25) is 10.0 Å². The van der Waals surface area contributed by atoms with Gasteiger partial charge in [0.25, 0.3) is 0 Å². The van der Waals surface area contributed by atoms with Gasteiger partial charge in [-0.1, -0.05) is 30.1 Å². The molecule has 14 heavy (non-hydrogen) atoms. The summed E-state index contributed by atoms with van der Waals surface area (Å²) in [7, 11) is 0. The SMILES string of the molecule is CCSC(=O)Oc1ccc(Cl)cc1Cl. The quantitative estimate of drug-likeness (QED) is 0.735. The van der Waals surface area contributed by atoms with E-state index in [0.717, 1.165) is 11.8 Å². The zero-order valence-corrected chi connectivity index (χ0v) is 9.75. The number of benzene rings is 1. The molecule has 2 nitrogen and oxygen atoms in total. The molecule has 0 aliphatic heterocycles. The third kappa shape index (κ3) is 3.40. The Kier molecular flexibility index (Phi) is 4.58. The molecule has 0 N–H and O–H groups in total. The number of rotatable bonds is 2. The highest BCUT2D eigenvalue weighted by atomic mass is 35.5. The molecule has 5 heteroatoms. The van der Waals surface area contributed by atoms with Gasteiger partial charge in [-0.25, -0.2) is 4.79 Å². The highest BCUT2D eigenvalue weighted by Gasteiger charge is 2.07. The van der Waals surface area contributed by atoms with Crippen LogP contribution in [0.5, 0.6) is 5.75 Å². The predicted molar refractivity (Wildman–Crippen MR) is 60.6 cm³/mol. The zero-order chi connectivity index (χ0) is 10.6. The standard InChI is InChI=1S/C9H8Cl2O2S/c1-2-14-9(12)13-8-4-3-6(10)5-7(8)11/h3-5H,2H2,1H3. The number of carbonyl (C=O) groups excluding carboxylic acids is 1. The van der Waals surface area contributed by atoms with E-state index in [1.165, 1.54) is 6.07 Å². The van der Waals surface area contributed by atoms with Crippen LogP contribution in [-0.2, 0) is 0 Å². The molecule has 0 heterocycles. The second kappa shape index (κ2) is 5.49. The van der Waals surface area contributed by atoms with Gasteiger partial charge in [0.2, 0.25) is 0 Å². The Morgan fingerprint density at radius 2 is 2.21 bits per heavy atom. The van der Waals surface area contributed by atoms with Crippen LogP contribution in [0.25, 0.3) is 0 Å². The Morgan fingerprint density at radius 3 is 2.79 bits per heavy atom. The largest absolute Gasteiger partial charge is 0.417 e. The van der Waals surface area contributed by atoms with E-state index < -0.39 is 0 Å². The van der Waals surface area contributed by atoms with Crippen molar-refractivity contribution in [3.05, 3.63) is 28.2 Å². The Bertz CT molecular complexity index is 342. The molecule has 0 aliphatic carbocycles. The molecule has 1 aromatic rings. The van der Waals surface area contributed by atoms with Crippen molar-refractivity contribution in [2.24, 2.45) is 0 Å². The molecule has 0 bridgehead atoms. The summed E-state index contributed by atoms with van der Waals surface area (Å²) in [6.07, 6.45) is 0. The molecular weight excluding hydrogens is 243 g/mol. The summed E-state index contributed by atoms with van der Waals surface area (Å²) in [6.45, 7) is 1.87. The molecule has 1 rings (SSSR count). The lowest BCUT2D eigenvalue weighted by atomic mass is 10.3. The van der Waals surface area contributed by atoms with Crippen molar-refractivity contribution in [2.75, 3.05) is 5.75 Å². The molecule has 0 unspecified atom stereocenters. The first-order chi connectivity index (χ1) is 6.63. The van der Waals surface area contributed by atoms with Gasteiger partial charge in [-0.3, -0.25) is 0 Å². The third-order valence-corrected chi connectivity index (χ3v) is 2.49. The number of hydrogen-bond acceptors (Lipinski definition) is 3. The first-order valence-corrected chi connectivity index (χ1v) is 5.67. The van der Waals surface area contributed by atoms with Gasteiger partial charge in [0.15, 0.2) is 0 Å². The molecule has 76 valence electrons. The van der Waals surface area contributed by atoms with Crippen LogP contribution in [0, 0.1) is 0 Å². The van der Waals surface area contributed by atoms with Gasteiger partial charge in [0.1, 0.15) is 5.75 Å². The van der Waals surface area contributed by atoms with Crippen molar-refractivity contribution >= 4 is 40.3 Å². The van der Waals surface area contributed by atoms with Crippen molar-refractivity contribution in [2.45, 2.75) is 6.92 Å². The van der Waals surface area contributed by atoms with Crippen LogP contribution in [0.1, 0.15) is 6.92 Å². The molecule has 1 aromatic carbocycles. The summed E-state index contributed by atoms with van der Waals surface area (Å²) in [5, 5.41) is 0.484. The molecule has 0 saturated carbocycles. The van der Waals surface area contributed by atoms with Gasteiger partial charge < -0.3 is 4.74 Å². The average Bonchev–Trinajstić information content (AvgIpc) is 2.10. The van der Waals surface area contributed by atoms with Gasteiger partial charge in [-0.2, -0.15) is 0 Å². The summed E-state index contributed by atoms with van der Waals surface area (Å²) < 4.78 is 4.97. The molecule has 0 aliphatic rings. The normalized spacial score (nSPS) is 9.93. The lowest BCUT2D eigenvalue weighted by molar-refractivity contribution is 0.227. The van der Waals surface area contributed by atoms with E-state index >= 15 is 0 Å². The minimum atomic E-state index is -0.364. The maximum Gasteiger partial charge on any atom is 0.372 e. The minimum absolute atomic E-state index is 0.335. The fourth-order valence-electron chi connectivity index (χ4n) is 0.795. The maximum atomic E-state index is 11.1. The summed E-state index contributed by atoms with van der Waals surface area (Å²) in [5.41, 5.74) is 0. The van der Waals surface area contributed by atoms with E-state index in [1.807, 2.05) is 6.92 Å². The number of thioether (sulfide) groups is 1. The fraction of sp³-hybridized carbons (Fsp3) is 0.222. The summed E-state index contributed by atoms with van der Waals surface area (Å²) >= 11 is 12.6. The van der Waals surface area contributed by atoms with Crippen molar-refractivity contribution in [3.63, 3.8) is 0 Å². The van der Waals surface area contributed by atoms with E-state index in [0.29, 0.717) is 21.5 Å². The van der Waals surface area contributed by atoms with E-state index in [2.05, 4.69) is 0 Å². The van der Waals surface area contributed by atoms with Crippen molar-refractivity contribution in [1.82, 2.24) is 0 Å². The fourth-order valence-corrected chi connectivity index (χ4v) is 1.63. The van der Waals surface area contributed by atoms with Crippen LogP contribution in [-0.4, -0.2) is 11.1 Å². The summed E-state index contributed by atoms with van der Waals surface area (Å²) in [6, 6.07) is 4.72. The number of carbonyl (C=O) groups is 1. The van der Waals surface area contributed by atoms with E-state index in [9.17, 15) is 4.79 Å². The van der Waals surface area contributed by atoms with Gasteiger partial charge in [0, 0.05) is 10.8 Å². The van der Waals surface area contributed by atoms with E-state index in [1.54, 1.807) is 12.1 Å². The molecule has 0 atom stereocenters. The maximum absolute atomic E-state index is 11.1. The lowest BCUT2D eigenvalue weighted by Gasteiger charge is -2.04. The van der Waals surface area contributed by atoms with Crippen LogP contribution in [0.4, 0.5) is 4.79 Å². The van der Waals surface area contributed by atoms with Gasteiger partial charge >= 0.3 is 5.30 Å².